The molecule has 1 rings (SSSR count). The number of ether oxygens (including phenoxy) is 4. The Bertz CT molecular complexity index is 679. The van der Waals surface area contributed by atoms with Gasteiger partial charge >= 0.3 is 17.8 Å². The molecule has 0 saturated carbocycles. The van der Waals surface area contributed by atoms with E-state index in [4.69, 9.17) is 14.2 Å². The average molecular weight is 358 g/mol. The van der Waals surface area contributed by atoms with Crippen molar-refractivity contribution in [2.75, 3.05) is 20.3 Å². The Morgan fingerprint density at radius 1 is 1.24 bits per heavy atom. The number of aromatic nitrogens is 2. The molecule has 0 amide bonds. The van der Waals surface area contributed by atoms with Crippen LogP contribution in [0.5, 0.6) is 0 Å². The minimum Gasteiger partial charge on any atom is -0.460 e. The van der Waals surface area contributed by atoms with E-state index in [-0.39, 0.29) is 19.3 Å². The van der Waals surface area contributed by atoms with Crippen LogP contribution in [-0.2, 0) is 30.3 Å². The molecule has 10 nitrogen and oxygen atoms in total. The second kappa shape index (κ2) is 10.3. The maximum absolute atomic E-state index is 11.5. The molecular formula is C15H22N2O8. The van der Waals surface area contributed by atoms with Gasteiger partial charge in [0.2, 0.25) is 0 Å². The lowest BCUT2D eigenvalue weighted by Gasteiger charge is -2.16. The Hall–Kier alpha value is -2.62. The lowest BCUT2D eigenvalue weighted by atomic mass is 10.2. The van der Waals surface area contributed by atoms with Gasteiger partial charge in [0.15, 0.2) is 6.61 Å². The van der Waals surface area contributed by atoms with E-state index >= 15 is 0 Å². The Morgan fingerprint density at radius 3 is 2.56 bits per heavy atom. The number of rotatable bonds is 9. The Morgan fingerprint density at radius 2 is 1.96 bits per heavy atom. The topological polar surface area (TPSA) is 126 Å². The number of methoxy groups -OCH3 is 1. The quantitative estimate of drug-likeness (QED) is 0.614. The largest absolute Gasteiger partial charge is 0.508 e. The van der Waals surface area contributed by atoms with Gasteiger partial charge in [0.05, 0.1) is 12.2 Å². The van der Waals surface area contributed by atoms with E-state index in [0.29, 0.717) is 6.42 Å². The molecular weight excluding hydrogens is 336 g/mol. The van der Waals surface area contributed by atoms with Crippen molar-refractivity contribution in [3.05, 3.63) is 33.1 Å². The number of aromatic amines is 1. The molecule has 1 atom stereocenters. The summed E-state index contributed by atoms with van der Waals surface area (Å²) in [6.45, 7) is 2.95. The highest BCUT2D eigenvalue weighted by Gasteiger charge is 2.15. The number of aryl methyl sites for hydroxylation is 1. The van der Waals surface area contributed by atoms with Crippen LogP contribution >= 0.6 is 0 Å². The summed E-state index contributed by atoms with van der Waals surface area (Å²) in [5.74, 6) is -0.673. The van der Waals surface area contributed by atoms with Gasteiger partial charge in [-0.3, -0.25) is 9.78 Å². The molecule has 0 radical (unpaired) electrons. The van der Waals surface area contributed by atoms with Crippen molar-refractivity contribution in [3.8, 4) is 0 Å². The number of esters is 1. The number of nitrogens with zero attached hydrogens (tertiary/aromatic N) is 1. The molecule has 0 fully saturated rings. The molecule has 1 aromatic heterocycles. The van der Waals surface area contributed by atoms with E-state index in [0.717, 1.165) is 0 Å². The molecule has 0 aliphatic heterocycles. The van der Waals surface area contributed by atoms with Crippen LogP contribution in [0.15, 0.2) is 21.9 Å². The zero-order valence-electron chi connectivity index (χ0n) is 14.4. The SMILES string of the molecule is COC(CCn1ccc(=O)[nH]c1=O)COC(=O)OCC(=O)OC(C)C. The predicted molar refractivity (Wildman–Crippen MR) is 85.3 cm³/mol. The number of H-pyrrole nitrogens is 1. The molecule has 0 spiro atoms. The molecule has 140 valence electrons. The van der Waals surface area contributed by atoms with Crippen LogP contribution in [0, 0.1) is 0 Å². The number of hydrogen-bond acceptors (Lipinski definition) is 8. The number of nitrogens with one attached hydrogen (secondary N) is 1. The van der Waals surface area contributed by atoms with Gasteiger partial charge in [-0.2, -0.15) is 0 Å². The summed E-state index contributed by atoms with van der Waals surface area (Å²) >= 11 is 0. The van der Waals surface area contributed by atoms with Crippen molar-refractivity contribution in [2.45, 2.75) is 39.0 Å². The smallest absolute Gasteiger partial charge is 0.460 e. The van der Waals surface area contributed by atoms with Crippen molar-refractivity contribution in [1.82, 2.24) is 9.55 Å². The van der Waals surface area contributed by atoms with Crippen LogP contribution in [0.3, 0.4) is 0 Å². The van der Waals surface area contributed by atoms with Gasteiger partial charge in [-0.1, -0.05) is 0 Å². The van der Waals surface area contributed by atoms with Crippen molar-refractivity contribution in [3.63, 3.8) is 0 Å². The standard InChI is InChI=1S/C15H22N2O8/c1-10(2)25-13(19)9-24-15(21)23-8-11(22-3)4-6-17-7-5-12(18)16-14(17)20/h5,7,10-11H,4,6,8-9H2,1-3H3,(H,16,18,20). The van der Waals surface area contributed by atoms with E-state index < -0.39 is 36.1 Å². The third-order valence-electron chi connectivity index (χ3n) is 2.98. The third-order valence-corrected chi connectivity index (χ3v) is 2.98. The van der Waals surface area contributed by atoms with Crippen LogP contribution in [0.2, 0.25) is 0 Å². The minimum atomic E-state index is -1.02. The Kier molecular flexibility index (Phi) is 8.40. The van der Waals surface area contributed by atoms with E-state index in [9.17, 15) is 19.2 Å². The van der Waals surface area contributed by atoms with Gasteiger partial charge in [0.25, 0.3) is 5.56 Å². The molecule has 0 bridgehead atoms. The summed E-state index contributed by atoms with van der Waals surface area (Å²) in [5.41, 5.74) is -1.02. The first-order valence-electron chi connectivity index (χ1n) is 7.63. The molecule has 1 aromatic rings. The summed E-state index contributed by atoms with van der Waals surface area (Å²) in [6, 6.07) is 1.23. The van der Waals surface area contributed by atoms with Gasteiger partial charge in [0, 0.05) is 25.9 Å². The monoisotopic (exact) mass is 358 g/mol. The lowest BCUT2D eigenvalue weighted by molar-refractivity contribution is -0.151. The van der Waals surface area contributed by atoms with E-state index in [1.165, 1.54) is 23.9 Å². The van der Waals surface area contributed by atoms with E-state index in [1.807, 2.05) is 0 Å². The van der Waals surface area contributed by atoms with Gasteiger partial charge < -0.3 is 23.5 Å². The predicted octanol–water partition coefficient (Wildman–Crippen LogP) is 0.0465. The minimum absolute atomic E-state index is 0.118. The van der Waals surface area contributed by atoms with Crippen LogP contribution < -0.4 is 11.2 Å². The molecule has 1 heterocycles. The molecule has 0 saturated heterocycles. The van der Waals surface area contributed by atoms with Crippen molar-refractivity contribution >= 4 is 12.1 Å². The zero-order valence-corrected chi connectivity index (χ0v) is 14.4. The Labute approximate surface area is 143 Å². The maximum Gasteiger partial charge on any atom is 0.508 e. The van der Waals surface area contributed by atoms with Crippen LogP contribution in [0.4, 0.5) is 4.79 Å². The molecule has 1 unspecified atom stereocenters. The third kappa shape index (κ3) is 8.15. The van der Waals surface area contributed by atoms with Crippen LogP contribution in [0.25, 0.3) is 0 Å². The highest BCUT2D eigenvalue weighted by molar-refractivity contribution is 5.73. The van der Waals surface area contributed by atoms with E-state index in [2.05, 4.69) is 9.72 Å². The second-order valence-corrected chi connectivity index (χ2v) is 5.34. The normalized spacial score (nSPS) is 11.8. The first-order valence-corrected chi connectivity index (χ1v) is 7.63. The lowest BCUT2D eigenvalue weighted by Crippen LogP contribution is -2.31. The van der Waals surface area contributed by atoms with Crippen molar-refractivity contribution < 1.29 is 28.5 Å². The van der Waals surface area contributed by atoms with Gasteiger partial charge in [-0.05, 0) is 20.3 Å². The van der Waals surface area contributed by atoms with Crippen LogP contribution in [0.1, 0.15) is 20.3 Å². The summed E-state index contributed by atoms with van der Waals surface area (Å²) in [4.78, 5) is 47.3. The molecule has 0 aliphatic rings. The van der Waals surface area contributed by atoms with Gasteiger partial charge in [0.1, 0.15) is 6.61 Å². The fourth-order valence-corrected chi connectivity index (χ4v) is 1.79. The summed E-state index contributed by atoms with van der Waals surface area (Å²) < 4.78 is 20.7. The van der Waals surface area contributed by atoms with Crippen molar-refractivity contribution in [2.24, 2.45) is 0 Å². The number of hydrogen-bond donors (Lipinski definition) is 1. The molecule has 25 heavy (non-hydrogen) atoms. The molecule has 0 aliphatic carbocycles. The zero-order chi connectivity index (χ0) is 18.8. The Balaban J connectivity index is 2.35. The first-order chi connectivity index (χ1) is 11.8. The fraction of sp³-hybridized carbons (Fsp3) is 0.600. The molecule has 0 aromatic carbocycles. The second-order valence-electron chi connectivity index (χ2n) is 5.34. The number of carbonyl (C=O) groups excluding carboxylic acids is 2. The molecule has 1 N–H and O–H groups in total. The van der Waals surface area contributed by atoms with E-state index in [1.54, 1.807) is 13.8 Å². The number of carbonyl (C=O) groups is 2. The highest BCUT2D eigenvalue weighted by Crippen LogP contribution is 2.01. The fourth-order valence-electron chi connectivity index (χ4n) is 1.79. The summed E-state index contributed by atoms with van der Waals surface area (Å²) in [6.07, 6.45) is -0.103. The van der Waals surface area contributed by atoms with Gasteiger partial charge in [-0.15, -0.1) is 0 Å². The summed E-state index contributed by atoms with van der Waals surface area (Å²) in [7, 11) is 1.43. The summed E-state index contributed by atoms with van der Waals surface area (Å²) in [5, 5.41) is 0. The first kappa shape index (κ1) is 20.4. The average Bonchev–Trinajstić information content (AvgIpc) is 2.54. The van der Waals surface area contributed by atoms with Crippen molar-refractivity contribution in [1.29, 1.82) is 0 Å². The van der Waals surface area contributed by atoms with Crippen LogP contribution in [-0.4, -0.2) is 54.2 Å². The maximum atomic E-state index is 11.5. The molecule has 10 heteroatoms. The highest BCUT2D eigenvalue weighted by atomic mass is 16.7. The van der Waals surface area contributed by atoms with Gasteiger partial charge in [-0.25, -0.2) is 14.4 Å².